The average Bonchev–Trinajstić information content (AvgIpc) is 2.18. The highest BCUT2D eigenvalue weighted by atomic mass is 16.3. The third-order valence-corrected chi connectivity index (χ3v) is 2.69. The first-order chi connectivity index (χ1) is 7.05. The van der Waals surface area contributed by atoms with Crippen molar-refractivity contribution in [2.45, 2.75) is 32.3 Å². The van der Waals surface area contributed by atoms with Gasteiger partial charge in [-0.3, -0.25) is 4.79 Å². The van der Waals surface area contributed by atoms with Crippen molar-refractivity contribution in [3.05, 3.63) is 24.3 Å². The van der Waals surface area contributed by atoms with Gasteiger partial charge >= 0.3 is 0 Å². The van der Waals surface area contributed by atoms with Gasteiger partial charge in [0.1, 0.15) is 0 Å². The number of piperidine rings is 1. The van der Waals surface area contributed by atoms with Crippen LogP contribution in [0.2, 0.25) is 0 Å². The van der Waals surface area contributed by atoms with Gasteiger partial charge in [-0.15, -0.1) is 0 Å². The number of rotatable bonds is 2. The first-order valence-corrected chi connectivity index (χ1v) is 5.36. The molecule has 0 saturated carbocycles. The summed E-state index contributed by atoms with van der Waals surface area (Å²) >= 11 is 0. The zero-order chi connectivity index (χ0) is 11.3. The molecule has 1 N–H and O–H groups in total. The summed E-state index contributed by atoms with van der Waals surface area (Å²) in [5.41, 5.74) is -0.593. The van der Waals surface area contributed by atoms with E-state index >= 15 is 0 Å². The number of carbonyl (C=O) groups excluding carboxylic acids is 1. The Morgan fingerprint density at radius 3 is 2.47 bits per heavy atom. The number of nitrogens with zero attached hydrogens (tertiary/aromatic N) is 1. The molecule has 0 bridgehead atoms. The van der Waals surface area contributed by atoms with Crippen LogP contribution in [0.15, 0.2) is 24.3 Å². The highest BCUT2D eigenvalue weighted by Crippen LogP contribution is 2.21. The molecule has 1 rings (SSSR count). The fraction of sp³-hybridized carbons (Fsp3) is 0.583. The summed E-state index contributed by atoms with van der Waals surface area (Å²) in [4.78, 5) is 13.4. The quantitative estimate of drug-likeness (QED) is 0.553. The van der Waals surface area contributed by atoms with Crippen LogP contribution in [0.4, 0.5) is 0 Å². The first kappa shape index (κ1) is 12.0. The van der Waals surface area contributed by atoms with Crippen molar-refractivity contribution in [2.75, 3.05) is 13.1 Å². The van der Waals surface area contributed by atoms with E-state index in [2.05, 4.69) is 0 Å². The van der Waals surface area contributed by atoms with Gasteiger partial charge in [-0.25, -0.2) is 0 Å². The number of likely N-dealkylation sites (tertiary alicyclic amines) is 1. The molecule has 1 heterocycles. The van der Waals surface area contributed by atoms with Gasteiger partial charge in [0.2, 0.25) is 5.91 Å². The van der Waals surface area contributed by atoms with E-state index < -0.39 is 5.60 Å². The molecule has 0 aromatic carbocycles. The minimum absolute atomic E-state index is 0.0311. The van der Waals surface area contributed by atoms with Crippen molar-refractivity contribution in [1.29, 1.82) is 0 Å². The lowest BCUT2D eigenvalue weighted by Crippen LogP contribution is -2.44. The maximum absolute atomic E-state index is 11.6. The van der Waals surface area contributed by atoms with Gasteiger partial charge in [0.05, 0.1) is 5.60 Å². The van der Waals surface area contributed by atoms with Gasteiger partial charge in [-0.2, -0.15) is 0 Å². The Morgan fingerprint density at radius 2 is 1.93 bits per heavy atom. The van der Waals surface area contributed by atoms with Gasteiger partial charge in [0, 0.05) is 19.2 Å². The number of hydrogen-bond donors (Lipinski definition) is 1. The van der Waals surface area contributed by atoms with E-state index in [1.807, 2.05) is 26.0 Å². The molecule has 1 saturated heterocycles. The van der Waals surface area contributed by atoms with Gasteiger partial charge in [-0.1, -0.05) is 18.2 Å². The molecule has 0 radical (unpaired) electrons. The molecule has 3 nitrogen and oxygen atoms in total. The Hall–Kier alpha value is -1.09. The average molecular weight is 209 g/mol. The Balaban J connectivity index is 2.43. The van der Waals surface area contributed by atoms with E-state index in [-0.39, 0.29) is 5.91 Å². The molecule has 0 spiro atoms. The van der Waals surface area contributed by atoms with E-state index in [0.29, 0.717) is 25.9 Å². The Morgan fingerprint density at radius 1 is 1.33 bits per heavy atom. The molecule has 0 unspecified atom stereocenters. The predicted molar refractivity (Wildman–Crippen MR) is 60.4 cm³/mol. The minimum Gasteiger partial charge on any atom is -0.390 e. The molecule has 0 aromatic heterocycles. The zero-order valence-electron chi connectivity index (χ0n) is 9.44. The van der Waals surface area contributed by atoms with Crippen LogP contribution in [0.5, 0.6) is 0 Å². The first-order valence-electron chi connectivity index (χ1n) is 5.36. The molecular weight excluding hydrogens is 190 g/mol. The number of carbonyl (C=O) groups is 1. The highest BCUT2D eigenvalue weighted by Gasteiger charge is 2.28. The minimum atomic E-state index is -0.593. The third kappa shape index (κ3) is 3.88. The molecular formula is C12H19NO2. The lowest BCUT2D eigenvalue weighted by atomic mass is 9.94. The fourth-order valence-corrected chi connectivity index (χ4v) is 1.56. The molecule has 15 heavy (non-hydrogen) atoms. The van der Waals surface area contributed by atoms with Crippen LogP contribution in [-0.2, 0) is 4.79 Å². The van der Waals surface area contributed by atoms with Crippen LogP contribution in [0, 0.1) is 0 Å². The van der Waals surface area contributed by atoms with Crippen molar-refractivity contribution in [3.8, 4) is 0 Å². The van der Waals surface area contributed by atoms with Gasteiger partial charge in [0.15, 0.2) is 0 Å². The summed E-state index contributed by atoms with van der Waals surface area (Å²) in [5, 5.41) is 9.72. The van der Waals surface area contributed by atoms with Crippen molar-refractivity contribution in [2.24, 2.45) is 0 Å². The molecule has 1 aliphatic heterocycles. The maximum Gasteiger partial charge on any atom is 0.246 e. The lowest BCUT2D eigenvalue weighted by Gasteiger charge is -2.35. The molecule has 84 valence electrons. The summed E-state index contributed by atoms with van der Waals surface area (Å²) in [6, 6.07) is 0. The highest BCUT2D eigenvalue weighted by molar-refractivity contribution is 5.87. The van der Waals surface area contributed by atoms with E-state index in [0.717, 1.165) is 0 Å². The fourth-order valence-electron chi connectivity index (χ4n) is 1.56. The number of aliphatic hydroxyl groups is 1. The zero-order valence-corrected chi connectivity index (χ0v) is 9.44. The van der Waals surface area contributed by atoms with Crippen LogP contribution < -0.4 is 0 Å². The molecule has 3 heteroatoms. The van der Waals surface area contributed by atoms with Crippen LogP contribution in [-0.4, -0.2) is 34.6 Å². The summed E-state index contributed by atoms with van der Waals surface area (Å²) in [7, 11) is 0. The van der Waals surface area contributed by atoms with Crippen LogP contribution in [0.25, 0.3) is 0 Å². The molecule has 1 fully saturated rings. The van der Waals surface area contributed by atoms with Crippen molar-refractivity contribution in [3.63, 3.8) is 0 Å². The predicted octanol–water partition coefficient (Wildman–Crippen LogP) is 1.49. The monoisotopic (exact) mass is 209 g/mol. The van der Waals surface area contributed by atoms with E-state index in [9.17, 15) is 9.90 Å². The second kappa shape index (κ2) is 5.12. The third-order valence-electron chi connectivity index (χ3n) is 2.69. The summed E-state index contributed by atoms with van der Waals surface area (Å²) in [6.45, 7) is 5.02. The number of hydrogen-bond acceptors (Lipinski definition) is 2. The standard InChI is InChI=1S/C12H19NO2/c1-3-4-5-6-11(14)13-9-7-12(2,15)8-10-13/h3-6,15H,7-10H2,1-2H3/b4-3+,6-5?. The number of allylic oxidation sites excluding steroid dienone is 3. The summed E-state index contributed by atoms with van der Waals surface area (Å²) in [6.07, 6.45) is 8.35. The molecule has 1 amide bonds. The van der Waals surface area contributed by atoms with Crippen LogP contribution in [0.1, 0.15) is 26.7 Å². The van der Waals surface area contributed by atoms with Crippen molar-refractivity contribution < 1.29 is 9.90 Å². The molecule has 1 aliphatic rings. The van der Waals surface area contributed by atoms with E-state index in [1.54, 1.807) is 17.1 Å². The SMILES string of the molecule is C/C=C/C=CC(=O)N1CCC(C)(O)CC1. The van der Waals surface area contributed by atoms with Gasteiger partial charge in [0.25, 0.3) is 0 Å². The smallest absolute Gasteiger partial charge is 0.246 e. The summed E-state index contributed by atoms with van der Waals surface area (Å²) < 4.78 is 0. The topological polar surface area (TPSA) is 40.5 Å². The second-order valence-electron chi connectivity index (χ2n) is 4.21. The molecule has 0 atom stereocenters. The van der Waals surface area contributed by atoms with E-state index in [1.165, 1.54) is 0 Å². The maximum atomic E-state index is 11.6. The second-order valence-corrected chi connectivity index (χ2v) is 4.21. The molecule has 0 aromatic rings. The van der Waals surface area contributed by atoms with Crippen LogP contribution in [0.3, 0.4) is 0 Å². The van der Waals surface area contributed by atoms with Gasteiger partial charge < -0.3 is 10.0 Å². The van der Waals surface area contributed by atoms with Gasteiger partial charge in [-0.05, 0) is 26.7 Å². The number of amides is 1. The van der Waals surface area contributed by atoms with Crippen molar-refractivity contribution in [1.82, 2.24) is 4.90 Å². The Bertz CT molecular complexity index is 269. The Labute approximate surface area is 91.1 Å². The van der Waals surface area contributed by atoms with E-state index in [4.69, 9.17) is 0 Å². The van der Waals surface area contributed by atoms with Crippen molar-refractivity contribution >= 4 is 5.91 Å². The lowest BCUT2D eigenvalue weighted by molar-refractivity contribution is -0.129. The Kier molecular flexibility index (Phi) is 4.09. The molecule has 0 aliphatic carbocycles. The van der Waals surface area contributed by atoms with Crippen LogP contribution >= 0.6 is 0 Å². The summed E-state index contributed by atoms with van der Waals surface area (Å²) in [5.74, 6) is 0.0311. The normalized spacial score (nSPS) is 21.4. The largest absolute Gasteiger partial charge is 0.390 e.